The molecule has 2 rings (SSSR count). The Hall–Kier alpha value is -0.870. The van der Waals surface area contributed by atoms with Gasteiger partial charge in [0, 0.05) is 11.5 Å². The minimum absolute atomic E-state index is 0.185. The Kier molecular flexibility index (Phi) is 7.76. The van der Waals surface area contributed by atoms with Crippen LogP contribution in [0.2, 0.25) is 0 Å². The zero-order valence-electron chi connectivity index (χ0n) is 12.9. The van der Waals surface area contributed by atoms with Gasteiger partial charge in [0.25, 0.3) is 10.1 Å². The number of thioether (sulfide) groups is 2. The van der Waals surface area contributed by atoms with Crippen molar-refractivity contribution in [1.82, 2.24) is 10.2 Å². The van der Waals surface area contributed by atoms with Crippen LogP contribution in [0.25, 0.3) is 6.08 Å². The van der Waals surface area contributed by atoms with Crippen molar-refractivity contribution in [3.05, 3.63) is 42.0 Å². The van der Waals surface area contributed by atoms with Crippen LogP contribution in [0.5, 0.6) is 0 Å². The smallest absolute Gasteiger partial charge is 0.264 e. The zero-order valence-corrected chi connectivity index (χ0v) is 16.2. The Labute approximate surface area is 154 Å². The number of aromatic nitrogens is 2. The zero-order chi connectivity index (χ0) is 17.4. The van der Waals surface area contributed by atoms with E-state index in [9.17, 15) is 8.42 Å². The first-order chi connectivity index (χ1) is 11.5. The van der Waals surface area contributed by atoms with Crippen LogP contribution in [-0.4, -0.2) is 34.7 Å². The van der Waals surface area contributed by atoms with E-state index in [-0.39, 0.29) is 5.75 Å². The van der Waals surface area contributed by atoms with E-state index in [2.05, 4.69) is 28.9 Å². The predicted octanol–water partition coefficient (Wildman–Crippen LogP) is 4.23. The molecule has 9 heteroatoms. The van der Waals surface area contributed by atoms with Crippen LogP contribution >= 0.6 is 34.9 Å². The molecule has 0 bridgehead atoms. The standard InChI is InChI=1S/C15H18N2O3S4/c1-2-12-5-7-13(8-6-12)11-22-15-17-16-14(23-15)21-9-3-4-10-24(18,19)20/h2,5-8H,1,3-4,9-11H2,(H,18,19,20). The van der Waals surface area contributed by atoms with Gasteiger partial charge in [-0.25, -0.2) is 0 Å². The van der Waals surface area contributed by atoms with E-state index in [1.807, 2.05) is 18.2 Å². The lowest BCUT2D eigenvalue weighted by Gasteiger charge is -1.99. The van der Waals surface area contributed by atoms with E-state index in [1.165, 1.54) is 5.56 Å². The fraction of sp³-hybridized carbons (Fsp3) is 0.333. The van der Waals surface area contributed by atoms with Crippen LogP contribution in [0.3, 0.4) is 0 Å². The summed E-state index contributed by atoms with van der Waals surface area (Å²) in [7, 11) is -3.85. The van der Waals surface area contributed by atoms with Gasteiger partial charge in [0.1, 0.15) is 0 Å². The van der Waals surface area contributed by atoms with E-state index in [1.54, 1.807) is 34.9 Å². The van der Waals surface area contributed by atoms with Crippen molar-refractivity contribution in [2.75, 3.05) is 11.5 Å². The Bertz CT molecular complexity index is 757. The number of nitrogens with zero attached hydrogens (tertiary/aromatic N) is 2. The van der Waals surface area contributed by atoms with E-state index >= 15 is 0 Å². The van der Waals surface area contributed by atoms with Crippen LogP contribution in [0, 0.1) is 0 Å². The highest BCUT2D eigenvalue weighted by Crippen LogP contribution is 2.31. The molecule has 0 saturated carbocycles. The fourth-order valence-electron chi connectivity index (χ4n) is 1.75. The summed E-state index contributed by atoms with van der Waals surface area (Å²) in [6, 6.07) is 8.24. The highest BCUT2D eigenvalue weighted by atomic mass is 32.2. The largest absolute Gasteiger partial charge is 0.286 e. The maximum atomic E-state index is 10.6. The molecule has 1 N–H and O–H groups in total. The summed E-state index contributed by atoms with van der Waals surface area (Å²) in [5.74, 6) is 1.42. The molecule has 0 radical (unpaired) electrons. The molecule has 0 aliphatic carbocycles. The molecule has 0 amide bonds. The topological polar surface area (TPSA) is 80.2 Å². The van der Waals surface area contributed by atoms with Crippen LogP contribution in [0.15, 0.2) is 39.5 Å². The second-order valence-electron chi connectivity index (χ2n) is 4.91. The normalized spacial score (nSPS) is 11.5. The van der Waals surface area contributed by atoms with Gasteiger partial charge in [-0.1, -0.05) is 71.8 Å². The van der Waals surface area contributed by atoms with Gasteiger partial charge in [0.05, 0.1) is 5.75 Å². The molecule has 130 valence electrons. The molecule has 0 fully saturated rings. The van der Waals surface area contributed by atoms with Gasteiger partial charge in [-0.2, -0.15) is 8.42 Å². The average molecular weight is 403 g/mol. The Morgan fingerprint density at radius 2 is 1.79 bits per heavy atom. The Morgan fingerprint density at radius 1 is 1.12 bits per heavy atom. The summed E-state index contributed by atoms with van der Waals surface area (Å²) >= 11 is 4.75. The van der Waals surface area contributed by atoms with E-state index in [0.29, 0.717) is 12.8 Å². The second-order valence-corrected chi connectivity index (χ2v) is 10.0. The number of hydrogen-bond acceptors (Lipinski definition) is 7. The minimum Gasteiger partial charge on any atom is -0.286 e. The molecule has 1 aromatic heterocycles. The van der Waals surface area contributed by atoms with Crippen molar-refractivity contribution >= 4 is 51.1 Å². The van der Waals surface area contributed by atoms with Crippen molar-refractivity contribution in [1.29, 1.82) is 0 Å². The molecule has 5 nitrogen and oxygen atoms in total. The number of hydrogen-bond donors (Lipinski definition) is 1. The third-order valence-electron chi connectivity index (χ3n) is 2.99. The lowest BCUT2D eigenvalue weighted by atomic mass is 10.1. The van der Waals surface area contributed by atoms with Gasteiger partial charge in [0.2, 0.25) is 0 Å². The minimum atomic E-state index is -3.85. The fourth-order valence-corrected chi connectivity index (χ4v) is 5.37. The molecule has 1 aromatic carbocycles. The van der Waals surface area contributed by atoms with Crippen LogP contribution < -0.4 is 0 Å². The summed E-state index contributed by atoms with van der Waals surface area (Å²) in [5.41, 5.74) is 2.33. The number of rotatable bonds is 10. The lowest BCUT2D eigenvalue weighted by Crippen LogP contribution is -2.03. The Balaban J connectivity index is 1.71. The highest BCUT2D eigenvalue weighted by molar-refractivity contribution is 8.02. The van der Waals surface area contributed by atoms with Crippen molar-refractivity contribution in [3.63, 3.8) is 0 Å². The van der Waals surface area contributed by atoms with Crippen molar-refractivity contribution in [2.24, 2.45) is 0 Å². The first-order valence-corrected chi connectivity index (χ1v) is 11.6. The molecule has 24 heavy (non-hydrogen) atoms. The third-order valence-corrected chi connectivity index (χ3v) is 7.14. The summed E-state index contributed by atoms with van der Waals surface area (Å²) in [6.45, 7) is 3.74. The molecule has 1 heterocycles. The van der Waals surface area contributed by atoms with Crippen molar-refractivity contribution < 1.29 is 13.0 Å². The highest BCUT2D eigenvalue weighted by Gasteiger charge is 2.07. The van der Waals surface area contributed by atoms with Gasteiger partial charge in [-0.05, 0) is 24.0 Å². The summed E-state index contributed by atoms with van der Waals surface area (Å²) < 4.78 is 31.7. The van der Waals surface area contributed by atoms with E-state index < -0.39 is 10.1 Å². The molecule has 0 aliphatic heterocycles. The van der Waals surface area contributed by atoms with Crippen LogP contribution in [-0.2, 0) is 15.9 Å². The van der Waals surface area contributed by atoms with Gasteiger partial charge in [-0.3, -0.25) is 4.55 Å². The Morgan fingerprint density at radius 3 is 2.42 bits per heavy atom. The maximum absolute atomic E-state index is 10.6. The van der Waals surface area contributed by atoms with Gasteiger partial charge in [0.15, 0.2) is 8.68 Å². The van der Waals surface area contributed by atoms with Crippen molar-refractivity contribution in [2.45, 2.75) is 27.3 Å². The summed E-state index contributed by atoms with van der Waals surface area (Å²) in [6.07, 6.45) is 2.98. The molecular formula is C15H18N2O3S4. The second kappa shape index (κ2) is 9.57. The van der Waals surface area contributed by atoms with E-state index in [0.717, 1.165) is 25.7 Å². The summed E-state index contributed by atoms with van der Waals surface area (Å²) in [4.78, 5) is 0. The quantitative estimate of drug-likeness (QED) is 0.362. The summed E-state index contributed by atoms with van der Waals surface area (Å²) in [5, 5.41) is 8.29. The first-order valence-electron chi connectivity index (χ1n) is 7.22. The predicted molar refractivity (Wildman–Crippen MR) is 102 cm³/mol. The maximum Gasteiger partial charge on any atom is 0.264 e. The van der Waals surface area contributed by atoms with Gasteiger partial charge in [-0.15, -0.1) is 10.2 Å². The van der Waals surface area contributed by atoms with Crippen LogP contribution in [0.4, 0.5) is 0 Å². The molecule has 0 atom stereocenters. The van der Waals surface area contributed by atoms with E-state index in [4.69, 9.17) is 4.55 Å². The lowest BCUT2D eigenvalue weighted by molar-refractivity contribution is 0.481. The molecule has 0 spiro atoms. The monoisotopic (exact) mass is 402 g/mol. The third kappa shape index (κ3) is 7.35. The van der Waals surface area contributed by atoms with Gasteiger partial charge < -0.3 is 0 Å². The SMILES string of the molecule is C=Cc1ccc(CSc2nnc(SCCCCS(=O)(=O)O)s2)cc1. The molecule has 2 aromatic rings. The molecule has 0 saturated heterocycles. The van der Waals surface area contributed by atoms with Crippen LogP contribution in [0.1, 0.15) is 24.0 Å². The molecule has 0 unspecified atom stereocenters. The first kappa shape index (κ1) is 19.5. The van der Waals surface area contributed by atoms with Crippen molar-refractivity contribution in [3.8, 4) is 0 Å². The van der Waals surface area contributed by atoms with Gasteiger partial charge >= 0.3 is 0 Å². The molecular weight excluding hydrogens is 384 g/mol. The molecule has 0 aliphatic rings. The number of unbranched alkanes of at least 4 members (excludes halogenated alkanes) is 1. The number of benzene rings is 1. The average Bonchev–Trinajstić information content (AvgIpc) is 3.00.